The fraction of sp³-hybridized carbons (Fsp3) is 0.130. The van der Waals surface area contributed by atoms with Crippen LogP contribution < -0.4 is 15.4 Å². The number of esters is 1. The van der Waals surface area contributed by atoms with Gasteiger partial charge in [-0.25, -0.2) is 4.79 Å². The van der Waals surface area contributed by atoms with Crippen LogP contribution in [0, 0.1) is 0 Å². The summed E-state index contributed by atoms with van der Waals surface area (Å²) >= 11 is 0. The maximum absolute atomic E-state index is 12.8. The van der Waals surface area contributed by atoms with E-state index >= 15 is 0 Å². The fourth-order valence-corrected chi connectivity index (χ4v) is 2.88. The van der Waals surface area contributed by atoms with Gasteiger partial charge in [0.2, 0.25) is 0 Å². The molecule has 3 rings (SSSR count). The number of hydrogen-bond acceptors (Lipinski definition) is 5. The highest BCUT2D eigenvalue weighted by Crippen LogP contribution is 2.22. The Labute approximate surface area is 169 Å². The van der Waals surface area contributed by atoms with E-state index in [4.69, 9.17) is 9.47 Å². The maximum atomic E-state index is 12.8. The standard InChI is InChI=1S/C23H22N2O4/c1-28-21-13-12-16(14-19(21)23(27)29-2)15-24-22(26)18-10-6-7-11-20(18)25-17-8-4-3-5-9-17/h3-14,25H,15H2,1-2H3,(H,24,26). The number of hydrogen-bond donors (Lipinski definition) is 2. The lowest BCUT2D eigenvalue weighted by atomic mass is 10.1. The summed E-state index contributed by atoms with van der Waals surface area (Å²) in [6.07, 6.45) is 0. The number of carbonyl (C=O) groups is 2. The molecule has 148 valence electrons. The van der Waals surface area contributed by atoms with Gasteiger partial charge >= 0.3 is 5.97 Å². The molecule has 2 N–H and O–H groups in total. The molecular weight excluding hydrogens is 368 g/mol. The van der Waals surface area contributed by atoms with Crippen LogP contribution in [0.3, 0.4) is 0 Å². The van der Waals surface area contributed by atoms with Crippen LogP contribution in [0.25, 0.3) is 0 Å². The lowest BCUT2D eigenvalue weighted by molar-refractivity contribution is 0.0597. The Hall–Kier alpha value is -3.80. The summed E-state index contributed by atoms with van der Waals surface area (Å²) in [5.41, 5.74) is 3.20. The van der Waals surface area contributed by atoms with Gasteiger partial charge in [-0.05, 0) is 42.0 Å². The minimum absolute atomic E-state index is 0.223. The zero-order valence-corrected chi connectivity index (χ0v) is 16.3. The summed E-state index contributed by atoms with van der Waals surface area (Å²) < 4.78 is 9.98. The Bertz CT molecular complexity index is 1000. The predicted octanol–water partition coefficient (Wildman–Crippen LogP) is 4.16. The zero-order valence-electron chi connectivity index (χ0n) is 16.3. The average molecular weight is 390 g/mol. The van der Waals surface area contributed by atoms with Crippen molar-refractivity contribution in [2.75, 3.05) is 19.5 Å². The highest BCUT2D eigenvalue weighted by atomic mass is 16.5. The third-order valence-electron chi connectivity index (χ3n) is 4.35. The molecular formula is C23H22N2O4. The third-order valence-corrected chi connectivity index (χ3v) is 4.35. The van der Waals surface area contributed by atoms with E-state index in [9.17, 15) is 9.59 Å². The first-order chi connectivity index (χ1) is 14.1. The molecule has 3 aromatic carbocycles. The molecule has 0 bridgehead atoms. The van der Waals surface area contributed by atoms with E-state index in [0.29, 0.717) is 22.6 Å². The fourth-order valence-electron chi connectivity index (χ4n) is 2.88. The van der Waals surface area contributed by atoms with Gasteiger partial charge in [-0.15, -0.1) is 0 Å². The molecule has 0 saturated heterocycles. The van der Waals surface area contributed by atoms with Crippen molar-refractivity contribution in [2.24, 2.45) is 0 Å². The molecule has 0 aromatic heterocycles. The number of nitrogens with one attached hydrogen (secondary N) is 2. The number of amides is 1. The van der Waals surface area contributed by atoms with E-state index in [-0.39, 0.29) is 12.5 Å². The minimum atomic E-state index is -0.493. The second-order valence-electron chi connectivity index (χ2n) is 6.25. The number of methoxy groups -OCH3 is 2. The Morgan fingerprint density at radius 3 is 2.31 bits per heavy atom. The maximum Gasteiger partial charge on any atom is 0.341 e. The summed E-state index contributed by atoms with van der Waals surface area (Å²) in [5.74, 6) is -0.295. The van der Waals surface area contributed by atoms with E-state index in [2.05, 4.69) is 10.6 Å². The molecule has 6 nitrogen and oxygen atoms in total. The first kappa shape index (κ1) is 19.9. The molecule has 0 spiro atoms. The summed E-state index contributed by atoms with van der Waals surface area (Å²) in [7, 11) is 2.80. The van der Waals surface area contributed by atoms with Gasteiger partial charge in [-0.3, -0.25) is 4.79 Å². The molecule has 0 unspecified atom stereocenters. The lowest BCUT2D eigenvalue weighted by Gasteiger charge is -2.13. The van der Waals surface area contributed by atoms with Crippen LogP contribution >= 0.6 is 0 Å². The van der Waals surface area contributed by atoms with Crippen molar-refractivity contribution in [3.05, 3.63) is 89.5 Å². The number of rotatable bonds is 7. The van der Waals surface area contributed by atoms with Crippen molar-refractivity contribution in [1.82, 2.24) is 5.32 Å². The SMILES string of the molecule is COC(=O)c1cc(CNC(=O)c2ccccc2Nc2ccccc2)ccc1OC. The lowest BCUT2D eigenvalue weighted by Crippen LogP contribution is -2.23. The van der Waals surface area contributed by atoms with Crippen molar-refractivity contribution >= 4 is 23.3 Å². The second kappa shape index (κ2) is 9.41. The quantitative estimate of drug-likeness (QED) is 0.593. The summed E-state index contributed by atoms with van der Waals surface area (Å²) in [4.78, 5) is 24.7. The Kier molecular flexibility index (Phi) is 6.47. The molecule has 0 radical (unpaired) electrons. The molecule has 0 heterocycles. The van der Waals surface area contributed by atoms with Crippen molar-refractivity contribution in [1.29, 1.82) is 0 Å². The summed E-state index contributed by atoms with van der Waals surface area (Å²) in [6.45, 7) is 0.256. The Morgan fingerprint density at radius 1 is 0.862 bits per heavy atom. The second-order valence-corrected chi connectivity index (χ2v) is 6.25. The van der Waals surface area contributed by atoms with Crippen LogP contribution in [0.2, 0.25) is 0 Å². The molecule has 0 aliphatic heterocycles. The van der Waals surface area contributed by atoms with Gasteiger partial charge in [-0.1, -0.05) is 36.4 Å². The van der Waals surface area contributed by atoms with E-state index in [1.807, 2.05) is 48.5 Å². The Morgan fingerprint density at radius 2 is 1.59 bits per heavy atom. The largest absolute Gasteiger partial charge is 0.496 e. The smallest absolute Gasteiger partial charge is 0.341 e. The van der Waals surface area contributed by atoms with Gasteiger partial charge in [0, 0.05) is 12.2 Å². The summed E-state index contributed by atoms with van der Waals surface area (Å²) in [6, 6.07) is 22.1. The molecule has 0 atom stereocenters. The van der Waals surface area contributed by atoms with E-state index in [0.717, 1.165) is 11.3 Å². The van der Waals surface area contributed by atoms with Crippen LogP contribution in [0.5, 0.6) is 5.75 Å². The van der Waals surface area contributed by atoms with Crippen LogP contribution in [0.1, 0.15) is 26.3 Å². The van der Waals surface area contributed by atoms with E-state index in [1.165, 1.54) is 14.2 Å². The molecule has 6 heteroatoms. The third kappa shape index (κ3) is 4.93. The molecule has 29 heavy (non-hydrogen) atoms. The molecule has 3 aromatic rings. The van der Waals surface area contributed by atoms with Gasteiger partial charge in [0.1, 0.15) is 11.3 Å². The number of benzene rings is 3. The van der Waals surface area contributed by atoms with Crippen molar-refractivity contribution < 1.29 is 19.1 Å². The zero-order chi connectivity index (χ0) is 20.6. The van der Waals surface area contributed by atoms with Gasteiger partial charge in [0.15, 0.2) is 0 Å². The van der Waals surface area contributed by atoms with Crippen LogP contribution in [-0.2, 0) is 11.3 Å². The number of para-hydroxylation sites is 2. The highest BCUT2D eigenvalue weighted by Gasteiger charge is 2.15. The first-order valence-electron chi connectivity index (χ1n) is 9.07. The molecule has 0 aliphatic rings. The van der Waals surface area contributed by atoms with Crippen molar-refractivity contribution in [3.8, 4) is 5.75 Å². The van der Waals surface area contributed by atoms with Gasteiger partial charge < -0.3 is 20.1 Å². The first-order valence-corrected chi connectivity index (χ1v) is 9.07. The normalized spacial score (nSPS) is 10.1. The minimum Gasteiger partial charge on any atom is -0.496 e. The average Bonchev–Trinajstić information content (AvgIpc) is 2.77. The molecule has 0 fully saturated rings. The number of ether oxygens (including phenoxy) is 2. The summed E-state index contributed by atoms with van der Waals surface area (Å²) in [5, 5.41) is 6.15. The van der Waals surface area contributed by atoms with Crippen LogP contribution in [0.15, 0.2) is 72.8 Å². The monoisotopic (exact) mass is 390 g/mol. The van der Waals surface area contributed by atoms with Gasteiger partial charge in [0.05, 0.1) is 25.5 Å². The van der Waals surface area contributed by atoms with Crippen LogP contribution in [0.4, 0.5) is 11.4 Å². The van der Waals surface area contributed by atoms with Crippen molar-refractivity contribution in [3.63, 3.8) is 0 Å². The highest BCUT2D eigenvalue weighted by molar-refractivity contribution is 6.00. The van der Waals surface area contributed by atoms with Crippen molar-refractivity contribution in [2.45, 2.75) is 6.54 Å². The number of carbonyl (C=O) groups excluding carboxylic acids is 2. The van der Waals surface area contributed by atoms with E-state index in [1.54, 1.807) is 24.3 Å². The van der Waals surface area contributed by atoms with Crippen LogP contribution in [-0.4, -0.2) is 26.1 Å². The number of anilines is 2. The molecule has 0 aliphatic carbocycles. The topological polar surface area (TPSA) is 76.7 Å². The molecule has 1 amide bonds. The van der Waals surface area contributed by atoms with E-state index < -0.39 is 5.97 Å². The van der Waals surface area contributed by atoms with Gasteiger partial charge in [-0.2, -0.15) is 0 Å². The van der Waals surface area contributed by atoms with Gasteiger partial charge in [0.25, 0.3) is 5.91 Å². The molecule has 0 saturated carbocycles. The Balaban J connectivity index is 1.74. The predicted molar refractivity (Wildman–Crippen MR) is 112 cm³/mol.